The van der Waals surface area contributed by atoms with Gasteiger partial charge in [0, 0.05) is 5.02 Å². The van der Waals surface area contributed by atoms with Gasteiger partial charge in [0.2, 0.25) is 0 Å². The zero-order valence-corrected chi connectivity index (χ0v) is 17.6. The van der Waals surface area contributed by atoms with Crippen LogP contribution in [0.15, 0.2) is 66.7 Å². The summed E-state index contributed by atoms with van der Waals surface area (Å²) in [5.41, 5.74) is 3.29. The van der Waals surface area contributed by atoms with Gasteiger partial charge in [0.15, 0.2) is 6.61 Å². The smallest absolute Gasteiger partial charge is 0.262 e. The van der Waals surface area contributed by atoms with Crippen molar-refractivity contribution in [2.75, 3.05) is 11.9 Å². The van der Waals surface area contributed by atoms with E-state index in [9.17, 15) is 4.79 Å². The fourth-order valence-electron chi connectivity index (χ4n) is 3.40. The number of carbonyl (C=O) groups is 1. The van der Waals surface area contributed by atoms with Crippen molar-refractivity contribution in [3.05, 3.63) is 88.7 Å². The molecule has 0 atom stereocenters. The minimum absolute atomic E-state index is 0.0765. The molecule has 5 nitrogen and oxygen atoms in total. The van der Waals surface area contributed by atoms with E-state index in [1.807, 2.05) is 85.3 Å². The molecular formula is C24H22ClN3O2. The van der Waals surface area contributed by atoms with Gasteiger partial charge in [-0.3, -0.25) is 9.48 Å². The number of aryl methyl sites for hydroxylation is 1. The van der Waals surface area contributed by atoms with E-state index in [1.165, 1.54) is 0 Å². The number of ether oxygens (including phenoxy) is 1. The van der Waals surface area contributed by atoms with E-state index in [0.29, 0.717) is 23.0 Å². The summed E-state index contributed by atoms with van der Waals surface area (Å²) >= 11 is 6.27. The molecule has 0 saturated heterocycles. The third kappa shape index (κ3) is 4.31. The van der Waals surface area contributed by atoms with Crippen LogP contribution in [0, 0.1) is 13.8 Å². The average Bonchev–Trinajstić information content (AvgIpc) is 3.01. The zero-order valence-electron chi connectivity index (χ0n) is 16.9. The standard InChI is InChI=1S/C24H22ClN3O2/c1-16-24(17(2)28(27-16)14-20-9-5-6-10-22(20)25)26-23(29)15-30-21-12-11-18-7-3-4-8-19(18)13-21/h3-13H,14-15H2,1-2H3,(H,26,29). The first-order chi connectivity index (χ1) is 14.5. The molecule has 30 heavy (non-hydrogen) atoms. The van der Waals surface area contributed by atoms with Gasteiger partial charge in [-0.25, -0.2) is 0 Å². The van der Waals surface area contributed by atoms with Crippen LogP contribution in [0.3, 0.4) is 0 Å². The number of carbonyl (C=O) groups excluding carboxylic acids is 1. The Morgan fingerprint density at radius 1 is 1.03 bits per heavy atom. The van der Waals surface area contributed by atoms with Crippen molar-refractivity contribution in [1.82, 2.24) is 9.78 Å². The molecule has 0 spiro atoms. The van der Waals surface area contributed by atoms with E-state index in [2.05, 4.69) is 10.4 Å². The first-order valence-corrected chi connectivity index (χ1v) is 10.1. The molecule has 0 unspecified atom stereocenters. The van der Waals surface area contributed by atoms with Gasteiger partial charge in [0.05, 0.1) is 23.6 Å². The van der Waals surface area contributed by atoms with Crippen molar-refractivity contribution in [1.29, 1.82) is 0 Å². The highest BCUT2D eigenvalue weighted by Crippen LogP contribution is 2.23. The first kappa shape index (κ1) is 20.0. The molecule has 0 aliphatic carbocycles. The van der Waals surface area contributed by atoms with Crippen molar-refractivity contribution in [3.63, 3.8) is 0 Å². The maximum Gasteiger partial charge on any atom is 0.262 e. The second kappa shape index (κ2) is 8.59. The Morgan fingerprint density at radius 3 is 2.57 bits per heavy atom. The maximum atomic E-state index is 12.5. The Bertz CT molecular complexity index is 1220. The minimum atomic E-state index is -0.230. The molecule has 0 aliphatic rings. The number of hydrogen-bond acceptors (Lipinski definition) is 3. The zero-order chi connectivity index (χ0) is 21.1. The summed E-state index contributed by atoms with van der Waals surface area (Å²) in [4.78, 5) is 12.5. The first-order valence-electron chi connectivity index (χ1n) is 9.70. The Morgan fingerprint density at radius 2 is 1.77 bits per heavy atom. The number of hydrogen-bond donors (Lipinski definition) is 1. The molecule has 0 saturated carbocycles. The average molecular weight is 420 g/mol. The van der Waals surface area contributed by atoms with Gasteiger partial charge in [-0.05, 0) is 48.4 Å². The van der Waals surface area contributed by atoms with E-state index >= 15 is 0 Å². The molecule has 0 fully saturated rings. The van der Waals surface area contributed by atoms with Gasteiger partial charge in [0.1, 0.15) is 5.75 Å². The van der Waals surface area contributed by atoms with Gasteiger partial charge in [0.25, 0.3) is 5.91 Å². The SMILES string of the molecule is Cc1nn(Cc2ccccc2Cl)c(C)c1NC(=O)COc1ccc2ccccc2c1. The molecule has 3 aromatic carbocycles. The molecule has 4 rings (SSSR count). The van der Waals surface area contributed by atoms with Crippen LogP contribution in [-0.4, -0.2) is 22.3 Å². The number of fused-ring (bicyclic) bond motifs is 1. The van der Waals surface area contributed by atoms with Crippen molar-refractivity contribution < 1.29 is 9.53 Å². The fourth-order valence-corrected chi connectivity index (χ4v) is 3.60. The van der Waals surface area contributed by atoms with Crippen LogP contribution in [-0.2, 0) is 11.3 Å². The number of nitrogens with zero attached hydrogens (tertiary/aromatic N) is 2. The van der Waals surface area contributed by atoms with Crippen molar-refractivity contribution >= 4 is 34.0 Å². The van der Waals surface area contributed by atoms with Crippen molar-refractivity contribution in [3.8, 4) is 5.75 Å². The van der Waals surface area contributed by atoms with Gasteiger partial charge >= 0.3 is 0 Å². The third-order valence-corrected chi connectivity index (χ3v) is 5.38. The minimum Gasteiger partial charge on any atom is -0.484 e. The van der Waals surface area contributed by atoms with E-state index in [-0.39, 0.29) is 12.5 Å². The summed E-state index contributed by atoms with van der Waals surface area (Å²) in [6, 6.07) is 21.5. The Labute approximate surface area is 180 Å². The number of aromatic nitrogens is 2. The highest BCUT2D eigenvalue weighted by atomic mass is 35.5. The van der Waals surface area contributed by atoms with Crippen LogP contribution in [0.25, 0.3) is 10.8 Å². The lowest BCUT2D eigenvalue weighted by molar-refractivity contribution is -0.118. The van der Waals surface area contributed by atoms with E-state index in [0.717, 1.165) is 27.7 Å². The van der Waals surface area contributed by atoms with Crippen LogP contribution in [0.5, 0.6) is 5.75 Å². The normalized spacial score (nSPS) is 10.9. The van der Waals surface area contributed by atoms with E-state index in [1.54, 1.807) is 0 Å². The van der Waals surface area contributed by atoms with E-state index < -0.39 is 0 Å². The molecule has 1 N–H and O–H groups in total. The highest BCUT2D eigenvalue weighted by molar-refractivity contribution is 6.31. The van der Waals surface area contributed by atoms with Crippen LogP contribution in [0.4, 0.5) is 5.69 Å². The molecule has 1 heterocycles. The number of benzene rings is 3. The molecule has 1 amide bonds. The lowest BCUT2D eigenvalue weighted by Gasteiger charge is -2.10. The van der Waals surface area contributed by atoms with Gasteiger partial charge in [-0.15, -0.1) is 0 Å². The second-order valence-electron chi connectivity index (χ2n) is 7.14. The Kier molecular flexibility index (Phi) is 5.72. The summed E-state index contributed by atoms with van der Waals surface area (Å²) in [6.45, 7) is 4.26. The molecule has 0 radical (unpaired) electrons. The van der Waals surface area contributed by atoms with Crippen molar-refractivity contribution in [2.45, 2.75) is 20.4 Å². The number of anilines is 1. The maximum absolute atomic E-state index is 12.5. The molecule has 4 aromatic rings. The lowest BCUT2D eigenvalue weighted by Crippen LogP contribution is -2.21. The predicted octanol–water partition coefficient (Wildman–Crippen LogP) is 5.37. The number of nitrogens with one attached hydrogen (secondary N) is 1. The number of halogens is 1. The molecule has 6 heteroatoms. The van der Waals surface area contributed by atoms with Gasteiger partial charge < -0.3 is 10.1 Å². The monoisotopic (exact) mass is 419 g/mol. The summed E-state index contributed by atoms with van der Waals surface area (Å²) in [5.74, 6) is 0.429. The van der Waals surface area contributed by atoms with Gasteiger partial charge in [-0.1, -0.05) is 60.1 Å². The number of amides is 1. The summed E-state index contributed by atoms with van der Waals surface area (Å²) < 4.78 is 7.53. The largest absolute Gasteiger partial charge is 0.484 e. The molecule has 0 aliphatic heterocycles. The van der Waals surface area contributed by atoms with E-state index in [4.69, 9.17) is 16.3 Å². The Balaban J connectivity index is 1.42. The number of rotatable bonds is 6. The fraction of sp³-hybridized carbons (Fsp3) is 0.167. The highest BCUT2D eigenvalue weighted by Gasteiger charge is 2.15. The summed E-state index contributed by atoms with van der Waals surface area (Å²) in [6.07, 6.45) is 0. The lowest BCUT2D eigenvalue weighted by atomic mass is 10.1. The van der Waals surface area contributed by atoms with Crippen LogP contribution >= 0.6 is 11.6 Å². The Hall–Kier alpha value is -3.31. The van der Waals surface area contributed by atoms with Crippen LogP contribution in [0.1, 0.15) is 17.0 Å². The molecular weight excluding hydrogens is 398 g/mol. The summed E-state index contributed by atoms with van der Waals surface area (Å²) in [5, 5.41) is 10.4. The van der Waals surface area contributed by atoms with Crippen molar-refractivity contribution in [2.24, 2.45) is 0 Å². The van der Waals surface area contributed by atoms with Gasteiger partial charge in [-0.2, -0.15) is 5.10 Å². The predicted molar refractivity (Wildman–Crippen MR) is 120 cm³/mol. The molecule has 152 valence electrons. The third-order valence-electron chi connectivity index (χ3n) is 5.01. The quantitative estimate of drug-likeness (QED) is 0.457. The second-order valence-corrected chi connectivity index (χ2v) is 7.55. The topological polar surface area (TPSA) is 56.2 Å². The molecule has 0 bridgehead atoms. The van der Waals surface area contributed by atoms with Crippen LogP contribution < -0.4 is 10.1 Å². The van der Waals surface area contributed by atoms with Crippen LogP contribution in [0.2, 0.25) is 5.02 Å². The summed E-state index contributed by atoms with van der Waals surface area (Å²) in [7, 11) is 0. The molecule has 1 aromatic heterocycles.